The maximum absolute atomic E-state index is 12.2. The molecule has 0 saturated carbocycles. The van der Waals surface area contributed by atoms with Crippen LogP contribution in [-0.4, -0.2) is 24.1 Å². The van der Waals surface area contributed by atoms with Gasteiger partial charge in [0.15, 0.2) is 0 Å². The molecule has 0 aromatic heterocycles. The highest BCUT2D eigenvalue weighted by atomic mass is 35.5. The fourth-order valence-electron chi connectivity index (χ4n) is 1.99. The first kappa shape index (κ1) is 18.4. The molecule has 0 aliphatic rings. The molecule has 6 heteroatoms. The molecule has 24 heavy (non-hydrogen) atoms. The monoisotopic (exact) mass is 362 g/mol. The zero-order chi connectivity index (χ0) is 17.4. The molecule has 2 amide bonds. The van der Waals surface area contributed by atoms with Gasteiger partial charge < -0.3 is 10.6 Å². The van der Waals surface area contributed by atoms with E-state index in [0.717, 1.165) is 11.3 Å². The van der Waals surface area contributed by atoms with Crippen molar-refractivity contribution >= 4 is 40.9 Å². The van der Waals surface area contributed by atoms with Crippen molar-refractivity contribution in [3.63, 3.8) is 0 Å². The number of amides is 2. The van der Waals surface area contributed by atoms with Crippen LogP contribution in [0.1, 0.15) is 23.7 Å². The lowest BCUT2D eigenvalue weighted by Gasteiger charge is -2.11. The standard InChI is InChI=1S/C18H19ClN2O2S/c1-2-11-20-18(23)15-5-3-4-6-16(15)21-17(22)12-24-14-9-7-13(19)8-10-14/h3-10H,2,11-12H2,1H3,(H,20,23)(H,21,22). The lowest BCUT2D eigenvalue weighted by Crippen LogP contribution is -2.26. The van der Waals surface area contributed by atoms with Gasteiger partial charge >= 0.3 is 0 Å². The van der Waals surface area contributed by atoms with Gasteiger partial charge in [0.25, 0.3) is 5.91 Å². The zero-order valence-corrected chi connectivity index (χ0v) is 14.9. The molecule has 0 heterocycles. The first-order chi connectivity index (χ1) is 11.6. The van der Waals surface area contributed by atoms with Crippen molar-refractivity contribution in [1.82, 2.24) is 5.32 Å². The van der Waals surface area contributed by atoms with Crippen LogP contribution in [0.25, 0.3) is 0 Å². The number of rotatable bonds is 7. The molecule has 0 aliphatic heterocycles. The number of carbonyl (C=O) groups is 2. The van der Waals surface area contributed by atoms with Gasteiger partial charge in [-0.15, -0.1) is 11.8 Å². The van der Waals surface area contributed by atoms with E-state index in [0.29, 0.717) is 22.8 Å². The quantitative estimate of drug-likeness (QED) is 0.725. The Morgan fingerprint density at radius 2 is 1.79 bits per heavy atom. The number of hydrogen-bond acceptors (Lipinski definition) is 3. The Bertz CT molecular complexity index is 704. The number of thioether (sulfide) groups is 1. The summed E-state index contributed by atoms with van der Waals surface area (Å²) in [5.74, 6) is -0.0872. The largest absolute Gasteiger partial charge is 0.352 e. The molecule has 0 atom stereocenters. The average Bonchev–Trinajstić information content (AvgIpc) is 2.59. The van der Waals surface area contributed by atoms with Crippen molar-refractivity contribution < 1.29 is 9.59 Å². The summed E-state index contributed by atoms with van der Waals surface area (Å²) >= 11 is 7.25. The van der Waals surface area contributed by atoms with Crippen molar-refractivity contribution in [2.24, 2.45) is 0 Å². The summed E-state index contributed by atoms with van der Waals surface area (Å²) < 4.78 is 0. The summed E-state index contributed by atoms with van der Waals surface area (Å²) in [6.45, 7) is 2.59. The van der Waals surface area contributed by atoms with Crippen LogP contribution in [0.15, 0.2) is 53.4 Å². The zero-order valence-electron chi connectivity index (χ0n) is 13.3. The van der Waals surface area contributed by atoms with Gasteiger partial charge in [-0.3, -0.25) is 9.59 Å². The van der Waals surface area contributed by atoms with Gasteiger partial charge in [0, 0.05) is 16.5 Å². The molecular weight excluding hydrogens is 344 g/mol. The van der Waals surface area contributed by atoms with E-state index >= 15 is 0 Å². The summed E-state index contributed by atoms with van der Waals surface area (Å²) in [6, 6.07) is 14.3. The second kappa shape index (κ2) is 9.35. The third-order valence-corrected chi connectivity index (χ3v) is 4.43. The van der Waals surface area contributed by atoms with Crippen LogP contribution in [0.2, 0.25) is 5.02 Å². The molecule has 0 radical (unpaired) electrons. The molecule has 0 fully saturated rings. The normalized spacial score (nSPS) is 10.2. The van der Waals surface area contributed by atoms with Crippen LogP contribution in [0.3, 0.4) is 0 Å². The van der Waals surface area contributed by atoms with Crippen LogP contribution in [0.5, 0.6) is 0 Å². The lowest BCUT2D eigenvalue weighted by atomic mass is 10.1. The number of anilines is 1. The van der Waals surface area contributed by atoms with Crippen LogP contribution in [0.4, 0.5) is 5.69 Å². The van der Waals surface area contributed by atoms with Gasteiger partial charge in [0.1, 0.15) is 0 Å². The minimum absolute atomic E-state index is 0.161. The minimum Gasteiger partial charge on any atom is -0.352 e. The topological polar surface area (TPSA) is 58.2 Å². The second-order valence-corrected chi connectivity index (χ2v) is 6.58. The van der Waals surface area contributed by atoms with Gasteiger partial charge in [0.2, 0.25) is 5.91 Å². The Labute approximate surface area is 151 Å². The van der Waals surface area contributed by atoms with E-state index in [4.69, 9.17) is 11.6 Å². The van der Waals surface area contributed by atoms with E-state index in [1.54, 1.807) is 36.4 Å². The Morgan fingerprint density at radius 1 is 1.08 bits per heavy atom. The molecular formula is C18H19ClN2O2S. The van der Waals surface area contributed by atoms with Gasteiger partial charge in [-0.05, 0) is 42.8 Å². The van der Waals surface area contributed by atoms with E-state index in [1.807, 2.05) is 19.1 Å². The second-order valence-electron chi connectivity index (χ2n) is 5.09. The molecule has 2 aromatic rings. The summed E-state index contributed by atoms with van der Waals surface area (Å²) in [6.07, 6.45) is 0.859. The van der Waals surface area contributed by atoms with E-state index in [9.17, 15) is 9.59 Å². The number of nitrogens with one attached hydrogen (secondary N) is 2. The highest BCUT2D eigenvalue weighted by Crippen LogP contribution is 2.21. The molecule has 2 N–H and O–H groups in total. The van der Waals surface area contributed by atoms with Crippen molar-refractivity contribution in [2.75, 3.05) is 17.6 Å². The van der Waals surface area contributed by atoms with Gasteiger partial charge in [0.05, 0.1) is 17.0 Å². The molecule has 0 aliphatic carbocycles. The first-order valence-electron chi connectivity index (χ1n) is 7.65. The van der Waals surface area contributed by atoms with Crippen LogP contribution < -0.4 is 10.6 Å². The van der Waals surface area contributed by atoms with Crippen LogP contribution in [-0.2, 0) is 4.79 Å². The van der Waals surface area contributed by atoms with E-state index in [-0.39, 0.29) is 17.6 Å². The molecule has 126 valence electrons. The Hall–Kier alpha value is -1.98. The Balaban J connectivity index is 1.96. The Morgan fingerprint density at radius 3 is 2.50 bits per heavy atom. The number of para-hydroxylation sites is 1. The lowest BCUT2D eigenvalue weighted by molar-refractivity contribution is -0.113. The van der Waals surface area contributed by atoms with Crippen molar-refractivity contribution in [3.8, 4) is 0 Å². The summed E-state index contributed by atoms with van der Waals surface area (Å²) in [5, 5.41) is 6.28. The molecule has 0 spiro atoms. The highest BCUT2D eigenvalue weighted by molar-refractivity contribution is 8.00. The fourth-order valence-corrected chi connectivity index (χ4v) is 2.81. The number of hydrogen-bond donors (Lipinski definition) is 2. The predicted molar refractivity (Wildman–Crippen MR) is 99.9 cm³/mol. The first-order valence-corrected chi connectivity index (χ1v) is 9.02. The Kier molecular flexibility index (Phi) is 7.15. The number of halogens is 1. The molecule has 0 saturated heterocycles. The molecule has 0 unspecified atom stereocenters. The minimum atomic E-state index is -0.182. The smallest absolute Gasteiger partial charge is 0.253 e. The van der Waals surface area contributed by atoms with Gasteiger partial charge in [-0.25, -0.2) is 0 Å². The van der Waals surface area contributed by atoms with Crippen molar-refractivity contribution in [2.45, 2.75) is 18.2 Å². The van der Waals surface area contributed by atoms with E-state index < -0.39 is 0 Å². The molecule has 2 rings (SSSR count). The number of benzene rings is 2. The summed E-state index contributed by atoms with van der Waals surface area (Å²) in [4.78, 5) is 25.3. The van der Waals surface area contributed by atoms with Crippen LogP contribution >= 0.6 is 23.4 Å². The van der Waals surface area contributed by atoms with E-state index in [2.05, 4.69) is 10.6 Å². The fraction of sp³-hybridized carbons (Fsp3) is 0.222. The third kappa shape index (κ3) is 5.58. The number of carbonyl (C=O) groups excluding carboxylic acids is 2. The molecule has 4 nitrogen and oxygen atoms in total. The predicted octanol–water partition coefficient (Wildman–Crippen LogP) is 4.21. The highest BCUT2D eigenvalue weighted by Gasteiger charge is 2.12. The summed E-state index contributed by atoms with van der Waals surface area (Å²) in [5.41, 5.74) is 0.989. The van der Waals surface area contributed by atoms with Crippen molar-refractivity contribution in [1.29, 1.82) is 0 Å². The maximum atomic E-state index is 12.2. The molecule has 2 aromatic carbocycles. The maximum Gasteiger partial charge on any atom is 0.253 e. The third-order valence-electron chi connectivity index (χ3n) is 3.16. The van der Waals surface area contributed by atoms with Gasteiger partial charge in [-0.2, -0.15) is 0 Å². The van der Waals surface area contributed by atoms with Crippen LogP contribution in [0, 0.1) is 0 Å². The van der Waals surface area contributed by atoms with Gasteiger partial charge in [-0.1, -0.05) is 30.7 Å². The average molecular weight is 363 g/mol. The molecule has 0 bridgehead atoms. The SMILES string of the molecule is CCCNC(=O)c1ccccc1NC(=O)CSc1ccc(Cl)cc1. The van der Waals surface area contributed by atoms with E-state index in [1.165, 1.54) is 11.8 Å². The summed E-state index contributed by atoms with van der Waals surface area (Å²) in [7, 11) is 0. The van der Waals surface area contributed by atoms with Crippen molar-refractivity contribution in [3.05, 3.63) is 59.1 Å².